The normalized spacial score (nSPS) is 20.7. The summed E-state index contributed by atoms with van der Waals surface area (Å²) in [6, 6.07) is 0.700. The molecule has 7 heteroatoms. The largest absolute Gasteiger partial charge is 0.462 e. The molecule has 6 nitrogen and oxygen atoms in total. The first kappa shape index (κ1) is 13.3. The second kappa shape index (κ2) is 6.15. The van der Waals surface area contributed by atoms with Gasteiger partial charge >= 0.3 is 6.01 Å². The number of aromatic nitrogens is 3. The van der Waals surface area contributed by atoms with E-state index < -0.39 is 0 Å². The number of likely N-dealkylation sites (tertiary alicyclic amines) is 1. The highest BCUT2D eigenvalue weighted by Gasteiger charge is 2.20. The van der Waals surface area contributed by atoms with Gasteiger partial charge in [0.2, 0.25) is 11.2 Å². The van der Waals surface area contributed by atoms with E-state index in [1.54, 1.807) is 7.05 Å². The number of rotatable bonds is 4. The van der Waals surface area contributed by atoms with Crippen molar-refractivity contribution in [2.45, 2.75) is 25.3 Å². The molecule has 2 rings (SSSR count). The standard InChI is InChI=1S/C11H18ClN5O/c1-13-10-14-9(12)15-11(16-10)18-7-8-5-3-4-6-17(8)2/h8H,3-7H2,1-2H3,(H,13,14,15,16). The summed E-state index contributed by atoms with van der Waals surface area (Å²) in [6.45, 7) is 1.70. The van der Waals surface area contributed by atoms with Crippen LogP contribution in [-0.4, -0.2) is 53.1 Å². The van der Waals surface area contributed by atoms with Crippen LogP contribution in [0.2, 0.25) is 5.28 Å². The highest BCUT2D eigenvalue weighted by atomic mass is 35.5. The van der Waals surface area contributed by atoms with E-state index in [4.69, 9.17) is 16.3 Å². The third kappa shape index (κ3) is 3.43. The molecule has 18 heavy (non-hydrogen) atoms. The number of ether oxygens (including phenoxy) is 1. The van der Waals surface area contributed by atoms with Crippen LogP contribution in [0.4, 0.5) is 5.95 Å². The molecule has 0 radical (unpaired) electrons. The number of nitrogens with one attached hydrogen (secondary N) is 1. The maximum Gasteiger partial charge on any atom is 0.322 e. The molecular formula is C11H18ClN5O. The van der Waals surface area contributed by atoms with Gasteiger partial charge in [-0.1, -0.05) is 6.42 Å². The first-order chi connectivity index (χ1) is 8.69. The van der Waals surface area contributed by atoms with Gasteiger partial charge in [-0.05, 0) is 38.0 Å². The number of likely N-dealkylation sites (N-methyl/N-ethyl adjacent to an activating group) is 1. The second-order valence-corrected chi connectivity index (χ2v) is 4.74. The minimum absolute atomic E-state index is 0.140. The summed E-state index contributed by atoms with van der Waals surface area (Å²) in [5.41, 5.74) is 0. The van der Waals surface area contributed by atoms with Gasteiger partial charge in [0.15, 0.2) is 0 Å². The van der Waals surface area contributed by atoms with E-state index in [1.165, 1.54) is 12.8 Å². The Kier molecular flexibility index (Phi) is 4.54. The van der Waals surface area contributed by atoms with Crippen molar-refractivity contribution in [2.75, 3.05) is 32.6 Å². The Bertz CT molecular complexity index is 403. The van der Waals surface area contributed by atoms with Gasteiger partial charge in [0.25, 0.3) is 0 Å². The van der Waals surface area contributed by atoms with Crippen molar-refractivity contribution >= 4 is 17.5 Å². The molecule has 1 aromatic heterocycles. The molecule has 0 amide bonds. The second-order valence-electron chi connectivity index (χ2n) is 4.40. The molecule has 0 aliphatic carbocycles. The summed E-state index contributed by atoms with van der Waals surface area (Å²) in [4.78, 5) is 14.3. The van der Waals surface area contributed by atoms with E-state index in [0.29, 0.717) is 18.6 Å². The molecule has 1 unspecified atom stereocenters. The molecule has 2 heterocycles. The Morgan fingerprint density at radius 1 is 1.39 bits per heavy atom. The van der Waals surface area contributed by atoms with E-state index in [1.807, 2.05) is 0 Å². The fourth-order valence-electron chi connectivity index (χ4n) is 2.03. The smallest absolute Gasteiger partial charge is 0.322 e. The number of piperidine rings is 1. The van der Waals surface area contributed by atoms with Crippen LogP contribution in [0.15, 0.2) is 0 Å². The van der Waals surface area contributed by atoms with Gasteiger partial charge in [-0.2, -0.15) is 15.0 Å². The maximum atomic E-state index is 5.79. The lowest BCUT2D eigenvalue weighted by Crippen LogP contribution is -2.40. The monoisotopic (exact) mass is 271 g/mol. The van der Waals surface area contributed by atoms with Crippen LogP contribution in [0.1, 0.15) is 19.3 Å². The lowest BCUT2D eigenvalue weighted by atomic mass is 10.0. The molecule has 1 saturated heterocycles. The van der Waals surface area contributed by atoms with Gasteiger partial charge in [-0.3, -0.25) is 0 Å². The fourth-order valence-corrected chi connectivity index (χ4v) is 2.19. The predicted molar refractivity (Wildman–Crippen MR) is 70.1 cm³/mol. The lowest BCUT2D eigenvalue weighted by molar-refractivity contribution is 0.120. The van der Waals surface area contributed by atoms with E-state index in [2.05, 4.69) is 32.2 Å². The Balaban J connectivity index is 1.94. The fraction of sp³-hybridized carbons (Fsp3) is 0.727. The zero-order valence-corrected chi connectivity index (χ0v) is 11.4. The Morgan fingerprint density at radius 2 is 2.22 bits per heavy atom. The summed E-state index contributed by atoms with van der Waals surface area (Å²) >= 11 is 5.79. The average molecular weight is 272 g/mol. The minimum Gasteiger partial charge on any atom is -0.462 e. The minimum atomic E-state index is 0.140. The van der Waals surface area contributed by atoms with E-state index in [9.17, 15) is 0 Å². The predicted octanol–water partition coefficient (Wildman–Crippen LogP) is 1.43. The van der Waals surface area contributed by atoms with Crippen LogP contribution in [0, 0.1) is 0 Å². The van der Waals surface area contributed by atoms with Crippen molar-refractivity contribution in [3.05, 3.63) is 5.28 Å². The molecule has 0 bridgehead atoms. The third-order valence-corrected chi connectivity index (χ3v) is 3.31. The van der Waals surface area contributed by atoms with Crippen LogP contribution in [-0.2, 0) is 0 Å². The van der Waals surface area contributed by atoms with E-state index in [0.717, 1.165) is 13.0 Å². The summed E-state index contributed by atoms with van der Waals surface area (Å²) in [5, 5.41) is 2.96. The van der Waals surface area contributed by atoms with Crippen LogP contribution < -0.4 is 10.1 Å². The van der Waals surface area contributed by atoms with Crippen LogP contribution in [0.5, 0.6) is 6.01 Å². The third-order valence-electron chi connectivity index (χ3n) is 3.14. The Morgan fingerprint density at radius 3 is 2.94 bits per heavy atom. The summed E-state index contributed by atoms with van der Waals surface area (Å²) in [7, 11) is 3.84. The molecule has 0 saturated carbocycles. The molecular weight excluding hydrogens is 254 g/mol. The first-order valence-electron chi connectivity index (χ1n) is 6.11. The van der Waals surface area contributed by atoms with Crippen LogP contribution in [0.25, 0.3) is 0 Å². The molecule has 1 N–H and O–H groups in total. The van der Waals surface area contributed by atoms with Gasteiger partial charge in [-0.15, -0.1) is 0 Å². The topological polar surface area (TPSA) is 63.2 Å². The molecule has 0 aromatic carbocycles. The SMILES string of the molecule is CNc1nc(Cl)nc(OCC2CCCCN2C)n1. The van der Waals surface area contributed by atoms with Gasteiger partial charge in [0.1, 0.15) is 6.61 Å². The Hall–Kier alpha value is -1.14. The maximum absolute atomic E-state index is 5.79. The molecule has 1 aliphatic rings. The quantitative estimate of drug-likeness (QED) is 0.894. The molecule has 0 spiro atoms. The highest BCUT2D eigenvalue weighted by molar-refractivity contribution is 6.28. The van der Waals surface area contributed by atoms with Crippen LogP contribution in [0.3, 0.4) is 0 Å². The lowest BCUT2D eigenvalue weighted by Gasteiger charge is -2.31. The number of nitrogens with zero attached hydrogens (tertiary/aromatic N) is 4. The number of hydrogen-bond donors (Lipinski definition) is 1. The average Bonchev–Trinajstić information content (AvgIpc) is 2.37. The highest BCUT2D eigenvalue weighted by Crippen LogP contribution is 2.17. The van der Waals surface area contributed by atoms with Gasteiger partial charge in [0.05, 0.1) is 0 Å². The molecule has 100 valence electrons. The summed E-state index contributed by atoms with van der Waals surface area (Å²) < 4.78 is 5.61. The van der Waals surface area contributed by atoms with Gasteiger partial charge in [-0.25, -0.2) is 0 Å². The van der Waals surface area contributed by atoms with Crippen molar-refractivity contribution in [3.63, 3.8) is 0 Å². The van der Waals surface area contributed by atoms with Crippen molar-refractivity contribution in [1.29, 1.82) is 0 Å². The molecule has 1 aliphatic heterocycles. The van der Waals surface area contributed by atoms with Crippen molar-refractivity contribution in [3.8, 4) is 6.01 Å². The van der Waals surface area contributed by atoms with Crippen LogP contribution >= 0.6 is 11.6 Å². The van der Waals surface area contributed by atoms with E-state index in [-0.39, 0.29) is 11.3 Å². The summed E-state index contributed by atoms with van der Waals surface area (Å²) in [5.74, 6) is 0.419. The van der Waals surface area contributed by atoms with E-state index >= 15 is 0 Å². The zero-order chi connectivity index (χ0) is 13.0. The Labute approximate surface area is 112 Å². The molecule has 1 aromatic rings. The number of halogens is 1. The number of anilines is 1. The first-order valence-corrected chi connectivity index (χ1v) is 6.49. The zero-order valence-electron chi connectivity index (χ0n) is 10.7. The van der Waals surface area contributed by atoms with Crippen molar-refractivity contribution in [2.24, 2.45) is 0 Å². The van der Waals surface area contributed by atoms with Crippen molar-refractivity contribution in [1.82, 2.24) is 19.9 Å². The van der Waals surface area contributed by atoms with Crippen molar-refractivity contribution < 1.29 is 4.74 Å². The molecule has 1 atom stereocenters. The van der Waals surface area contributed by atoms with Gasteiger partial charge < -0.3 is 15.0 Å². The number of hydrogen-bond acceptors (Lipinski definition) is 6. The van der Waals surface area contributed by atoms with Gasteiger partial charge in [0, 0.05) is 13.1 Å². The molecule has 1 fully saturated rings. The summed E-state index contributed by atoms with van der Waals surface area (Å²) in [6.07, 6.45) is 3.65.